The van der Waals surface area contributed by atoms with Crippen molar-refractivity contribution in [3.63, 3.8) is 0 Å². The molecule has 21 heavy (non-hydrogen) atoms. The molecule has 114 valence electrons. The van der Waals surface area contributed by atoms with Gasteiger partial charge in [-0.25, -0.2) is 0 Å². The van der Waals surface area contributed by atoms with Crippen molar-refractivity contribution in [2.24, 2.45) is 0 Å². The summed E-state index contributed by atoms with van der Waals surface area (Å²) >= 11 is 1.77. The molecule has 1 aromatic carbocycles. The van der Waals surface area contributed by atoms with Crippen molar-refractivity contribution in [3.05, 3.63) is 53.5 Å². The van der Waals surface area contributed by atoms with Gasteiger partial charge in [-0.1, -0.05) is 12.1 Å². The summed E-state index contributed by atoms with van der Waals surface area (Å²) < 4.78 is 5.74. The molecule has 0 saturated carbocycles. The number of phenols is 1. The molecule has 0 amide bonds. The molecule has 0 aliphatic heterocycles. The first-order chi connectivity index (χ1) is 10.2. The van der Waals surface area contributed by atoms with E-state index in [1.165, 1.54) is 5.56 Å². The number of aryl methyl sites for hydroxylation is 1. The van der Waals surface area contributed by atoms with E-state index >= 15 is 0 Å². The van der Waals surface area contributed by atoms with Gasteiger partial charge < -0.3 is 14.8 Å². The molecule has 0 aliphatic rings. The SMILES string of the molecule is CSCc1ccc(CNC(C)CCc2ccc(O)cc2)o1. The quantitative estimate of drug-likeness (QED) is 0.775. The molecular formula is C17H23NO2S. The van der Waals surface area contributed by atoms with Crippen molar-refractivity contribution < 1.29 is 9.52 Å². The highest BCUT2D eigenvalue weighted by atomic mass is 32.2. The largest absolute Gasteiger partial charge is 0.508 e. The molecule has 1 aromatic heterocycles. The van der Waals surface area contributed by atoms with Crippen LogP contribution in [0, 0.1) is 0 Å². The number of nitrogens with one attached hydrogen (secondary N) is 1. The molecule has 1 heterocycles. The maximum absolute atomic E-state index is 9.26. The lowest BCUT2D eigenvalue weighted by molar-refractivity contribution is 0.429. The highest BCUT2D eigenvalue weighted by Gasteiger charge is 2.05. The number of rotatable bonds is 8. The van der Waals surface area contributed by atoms with Crippen molar-refractivity contribution in [2.75, 3.05) is 6.26 Å². The second kappa shape index (κ2) is 8.15. The van der Waals surface area contributed by atoms with E-state index < -0.39 is 0 Å². The van der Waals surface area contributed by atoms with Gasteiger partial charge in [0.15, 0.2) is 0 Å². The Morgan fingerprint density at radius 1 is 1.14 bits per heavy atom. The minimum absolute atomic E-state index is 0.323. The molecule has 1 unspecified atom stereocenters. The van der Waals surface area contributed by atoms with Crippen LogP contribution in [0.5, 0.6) is 5.75 Å². The van der Waals surface area contributed by atoms with Gasteiger partial charge in [0.2, 0.25) is 0 Å². The van der Waals surface area contributed by atoms with Crippen LogP contribution in [0.1, 0.15) is 30.4 Å². The highest BCUT2D eigenvalue weighted by molar-refractivity contribution is 7.97. The minimum Gasteiger partial charge on any atom is -0.508 e. The van der Waals surface area contributed by atoms with Gasteiger partial charge in [0.05, 0.1) is 12.3 Å². The molecule has 0 aliphatic carbocycles. The lowest BCUT2D eigenvalue weighted by Crippen LogP contribution is -2.25. The topological polar surface area (TPSA) is 45.4 Å². The van der Waals surface area contributed by atoms with E-state index in [2.05, 4.69) is 24.6 Å². The number of furan rings is 1. The van der Waals surface area contributed by atoms with Crippen molar-refractivity contribution in [1.82, 2.24) is 5.32 Å². The van der Waals surface area contributed by atoms with E-state index in [1.807, 2.05) is 18.2 Å². The monoisotopic (exact) mass is 305 g/mol. The number of benzene rings is 1. The lowest BCUT2D eigenvalue weighted by Gasteiger charge is -2.12. The molecule has 1 atom stereocenters. The van der Waals surface area contributed by atoms with E-state index in [4.69, 9.17) is 4.42 Å². The van der Waals surface area contributed by atoms with E-state index in [0.29, 0.717) is 11.8 Å². The van der Waals surface area contributed by atoms with Gasteiger partial charge >= 0.3 is 0 Å². The summed E-state index contributed by atoms with van der Waals surface area (Å²) in [6.07, 6.45) is 4.14. The van der Waals surface area contributed by atoms with Crippen LogP contribution in [-0.4, -0.2) is 17.4 Å². The molecule has 2 rings (SSSR count). The fraction of sp³-hybridized carbons (Fsp3) is 0.412. The zero-order valence-electron chi connectivity index (χ0n) is 12.6. The molecule has 0 saturated heterocycles. The van der Waals surface area contributed by atoms with E-state index in [-0.39, 0.29) is 0 Å². The zero-order chi connectivity index (χ0) is 15.1. The van der Waals surface area contributed by atoms with Gasteiger partial charge in [-0.05, 0) is 55.9 Å². The predicted octanol–water partition coefficient (Wildman–Crippen LogP) is 3.96. The average Bonchev–Trinajstić information content (AvgIpc) is 2.93. The van der Waals surface area contributed by atoms with Crippen molar-refractivity contribution in [1.29, 1.82) is 0 Å². The lowest BCUT2D eigenvalue weighted by atomic mass is 10.1. The smallest absolute Gasteiger partial charge is 0.118 e. The van der Waals surface area contributed by atoms with Crippen LogP contribution < -0.4 is 5.32 Å². The van der Waals surface area contributed by atoms with Crippen molar-refractivity contribution in [2.45, 2.75) is 38.1 Å². The Balaban J connectivity index is 1.71. The van der Waals surface area contributed by atoms with E-state index in [0.717, 1.165) is 36.7 Å². The van der Waals surface area contributed by atoms with Gasteiger partial charge in [0, 0.05) is 6.04 Å². The maximum Gasteiger partial charge on any atom is 0.118 e. The summed E-state index contributed by atoms with van der Waals surface area (Å²) in [4.78, 5) is 0. The molecule has 0 radical (unpaired) electrons. The van der Waals surface area contributed by atoms with Gasteiger partial charge in [0.25, 0.3) is 0 Å². The summed E-state index contributed by atoms with van der Waals surface area (Å²) in [6, 6.07) is 12.0. The Bertz CT molecular complexity index is 536. The average molecular weight is 305 g/mol. The maximum atomic E-state index is 9.26. The van der Waals surface area contributed by atoms with Crippen LogP contribution in [0.2, 0.25) is 0 Å². The molecule has 2 N–H and O–H groups in total. The van der Waals surface area contributed by atoms with Crippen LogP contribution in [0.4, 0.5) is 0 Å². The molecule has 0 fully saturated rings. The Morgan fingerprint density at radius 3 is 2.57 bits per heavy atom. The standard InChI is InChI=1S/C17H23NO2S/c1-13(3-4-14-5-7-15(19)8-6-14)18-11-16-9-10-17(20-16)12-21-2/h5-10,13,18-19H,3-4,11-12H2,1-2H3. The number of thioether (sulfide) groups is 1. The number of aromatic hydroxyl groups is 1. The predicted molar refractivity (Wildman–Crippen MR) is 88.7 cm³/mol. The van der Waals surface area contributed by atoms with Gasteiger partial charge in [-0.3, -0.25) is 0 Å². The number of hydrogen-bond donors (Lipinski definition) is 2. The number of hydrogen-bond acceptors (Lipinski definition) is 4. The second-order valence-corrected chi connectivity index (χ2v) is 6.15. The Morgan fingerprint density at radius 2 is 1.86 bits per heavy atom. The molecule has 0 bridgehead atoms. The molecule has 0 spiro atoms. The Labute approximate surface area is 130 Å². The first kappa shape index (κ1) is 16.0. The molecule has 2 aromatic rings. The molecule has 3 nitrogen and oxygen atoms in total. The third-order valence-electron chi connectivity index (χ3n) is 3.43. The number of phenolic OH excluding ortho intramolecular Hbond substituents is 1. The van der Waals surface area contributed by atoms with Crippen LogP contribution >= 0.6 is 11.8 Å². The minimum atomic E-state index is 0.323. The summed E-state index contributed by atoms with van der Waals surface area (Å²) in [5.74, 6) is 3.28. The third-order valence-corrected chi connectivity index (χ3v) is 4.00. The van der Waals surface area contributed by atoms with E-state index in [9.17, 15) is 5.11 Å². The third kappa shape index (κ3) is 5.48. The van der Waals surface area contributed by atoms with E-state index in [1.54, 1.807) is 23.9 Å². The van der Waals surface area contributed by atoms with Crippen molar-refractivity contribution in [3.8, 4) is 5.75 Å². The zero-order valence-corrected chi connectivity index (χ0v) is 13.5. The summed E-state index contributed by atoms with van der Waals surface area (Å²) in [6.45, 7) is 2.96. The Kier molecular flexibility index (Phi) is 6.21. The fourth-order valence-corrected chi connectivity index (χ4v) is 2.60. The molecular weight excluding hydrogens is 282 g/mol. The van der Waals surface area contributed by atoms with Crippen LogP contribution in [0.25, 0.3) is 0 Å². The highest BCUT2D eigenvalue weighted by Crippen LogP contribution is 2.14. The van der Waals surface area contributed by atoms with Gasteiger partial charge in [-0.15, -0.1) is 0 Å². The molecule has 4 heteroatoms. The first-order valence-corrected chi connectivity index (χ1v) is 8.64. The summed E-state index contributed by atoms with van der Waals surface area (Å²) in [7, 11) is 0. The van der Waals surface area contributed by atoms with Gasteiger partial charge in [-0.2, -0.15) is 11.8 Å². The summed E-state index contributed by atoms with van der Waals surface area (Å²) in [5.41, 5.74) is 1.25. The first-order valence-electron chi connectivity index (χ1n) is 7.25. The Hall–Kier alpha value is -1.39. The second-order valence-electron chi connectivity index (χ2n) is 5.29. The van der Waals surface area contributed by atoms with Crippen LogP contribution in [-0.2, 0) is 18.7 Å². The van der Waals surface area contributed by atoms with Gasteiger partial charge in [0.1, 0.15) is 17.3 Å². The fourth-order valence-electron chi connectivity index (χ4n) is 2.16. The van der Waals surface area contributed by atoms with Crippen molar-refractivity contribution >= 4 is 11.8 Å². The van der Waals surface area contributed by atoms with Crippen LogP contribution in [0.15, 0.2) is 40.8 Å². The normalized spacial score (nSPS) is 12.5. The van der Waals surface area contributed by atoms with Crippen LogP contribution in [0.3, 0.4) is 0 Å². The summed E-state index contributed by atoms with van der Waals surface area (Å²) in [5, 5.41) is 12.7.